The summed E-state index contributed by atoms with van der Waals surface area (Å²) in [6, 6.07) is 3.82. The number of benzene rings is 1. The quantitative estimate of drug-likeness (QED) is 0.418. The fourth-order valence-corrected chi connectivity index (χ4v) is 0.911. The van der Waals surface area contributed by atoms with E-state index in [0.717, 1.165) is 0 Å². The first-order chi connectivity index (χ1) is 6.59. The van der Waals surface area contributed by atoms with Gasteiger partial charge in [0, 0.05) is 0 Å². The van der Waals surface area contributed by atoms with Gasteiger partial charge < -0.3 is 4.84 Å². The van der Waals surface area contributed by atoms with Crippen molar-refractivity contribution in [2.75, 3.05) is 0 Å². The van der Waals surface area contributed by atoms with E-state index >= 15 is 0 Å². The van der Waals surface area contributed by atoms with E-state index in [1.807, 2.05) is 0 Å². The highest BCUT2D eigenvalue weighted by atomic mass is 19.1. The highest BCUT2D eigenvalue weighted by Crippen LogP contribution is 2.07. The zero-order valence-electron chi connectivity index (χ0n) is 6.97. The molecular weight excluding hydrogens is 193 g/mol. The van der Waals surface area contributed by atoms with Gasteiger partial charge in [0.2, 0.25) is 0 Å². The molecule has 0 aromatic heterocycles. The molecule has 0 saturated carbocycles. The van der Waals surface area contributed by atoms with Crippen LogP contribution in [0.4, 0.5) is 4.39 Å². The van der Waals surface area contributed by atoms with Crippen LogP contribution in [-0.2, 0) is 11.4 Å². The maximum Gasteiger partial charge on any atom is 0.332 e. The molecule has 14 heavy (non-hydrogen) atoms. The number of carbonyl (C=O) groups is 1. The number of nitrogens with zero attached hydrogens (tertiary/aromatic N) is 1. The van der Waals surface area contributed by atoms with Crippen molar-refractivity contribution < 1.29 is 19.1 Å². The third-order valence-electron chi connectivity index (χ3n) is 1.49. The van der Waals surface area contributed by atoms with Gasteiger partial charge >= 0.3 is 6.04 Å². The highest BCUT2D eigenvalue weighted by molar-refractivity contribution is 5.88. The summed E-state index contributed by atoms with van der Waals surface area (Å²) in [7, 11) is 0. The van der Waals surface area contributed by atoms with Crippen molar-refractivity contribution in [1.29, 1.82) is 0 Å². The van der Waals surface area contributed by atoms with Gasteiger partial charge in [0.15, 0.2) is 0 Å². The van der Waals surface area contributed by atoms with Gasteiger partial charge in [-0.05, 0) is 17.7 Å². The summed E-state index contributed by atoms with van der Waals surface area (Å²) in [4.78, 5) is 24.2. The van der Waals surface area contributed by atoms with Gasteiger partial charge in [0.25, 0.3) is 5.09 Å². The van der Waals surface area contributed by atoms with Crippen molar-refractivity contribution in [1.82, 2.24) is 0 Å². The normalized spacial score (nSPS) is 9.50. The van der Waals surface area contributed by atoms with Crippen molar-refractivity contribution >= 4 is 6.04 Å². The summed E-state index contributed by atoms with van der Waals surface area (Å²) in [5, 5.41) is 8.88. The maximum absolute atomic E-state index is 12.2. The van der Waals surface area contributed by atoms with Crippen LogP contribution in [0.3, 0.4) is 0 Å². The Kier molecular flexibility index (Phi) is 3.11. The third-order valence-corrected chi connectivity index (χ3v) is 1.49. The van der Waals surface area contributed by atoms with Gasteiger partial charge in [-0.3, -0.25) is 4.79 Å². The Labute approximate surface area is 78.2 Å². The first-order valence-electron chi connectivity index (χ1n) is 3.65. The molecule has 0 fully saturated rings. The van der Waals surface area contributed by atoms with Crippen LogP contribution in [0.15, 0.2) is 24.3 Å². The molecule has 0 amide bonds. The second-order valence-corrected chi connectivity index (χ2v) is 2.47. The summed E-state index contributed by atoms with van der Waals surface area (Å²) in [6.07, 6.45) is 0. The summed E-state index contributed by atoms with van der Waals surface area (Å²) >= 11 is 0. The molecule has 0 radical (unpaired) electrons. The molecule has 74 valence electrons. The van der Waals surface area contributed by atoms with Crippen LogP contribution < -0.4 is 0 Å². The van der Waals surface area contributed by atoms with Gasteiger partial charge in [-0.1, -0.05) is 12.1 Å². The summed E-state index contributed by atoms with van der Waals surface area (Å²) in [5.74, 6) is 0. The third kappa shape index (κ3) is 2.81. The highest BCUT2D eigenvalue weighted by Gasteiger charge is 2.04. The first kappa shape index (κ1) is 10.1. The maximum atomic E-state index is 12.2. The lowest BCUT2D eigenvalue weighted by Crippen LogP contribution is -2.01. The molecule has 1 aromatic rings. The second kappa shape index (κ2) is 4.31. The molecular formula is C8H6FNO4. The Balaban J connectivity index is 2.73. The summed E-state index contributed by atoms with van der Waals surface area (Å²) in [5.41, 5.74) is 0.222. The second-order valence-electron chi connectivity index (χ2n) is 2.47. The van der Waals surface area contributed by atoms with Crippen molar-refractivity contribution in [3.8, 4) is 0 Å². The monoisotopic (exact) mass is 199 g/mol. The van der Waals surface area contributed by atoms with Crippen LogP contribution >= 0.6 is 0 Å². The van der Waals surface area contributed by atoms with Crippen LogP contribution in [0.1, 0.15) is 15.9 Å². The lowest BCUT2D eigenvalue weighted by atomic mass is 10.1. The van der Waals surface area contributed by atoms with Gasteiger partial charge in [-0.2, -0.15) is 4.39 Å². The van der Waals surface area contributed by atoms with Crippen molar-refractivity contribution in [3.63, 3.8) is 0 Å². The van der Waals surface area contributed by atoms with E-state index in [9.17, 15) is 19.3 Å². The fourth-order valence-electron chi connectivity index (χ4n) is 0.911. The number of carbonyl (C=O) groups excluding carboxylic acids is 1. The standard InChI is InChI=1S/C8H6FNO4/c9-8(11)7-3-1-2-6(4-7)5-14-10(12)13/h1-4H,5H2. The predicted octanol–water partition coefficient (Wildman–Crippen LogP) is 1.50. The Hall–Kier alpha value is -1.98. The molecule has 0 saturated heterocycles. The van der Waals surface area contributed by atoms with Crippen LogP contribution in [0.5, 0.6) is 0 Å². The molecule has 0 atom stereocenters. The number of rotatable bonds is 4. The largest absolute Gasteiger partial charge is 0.332 e. The lowest BCUT2D eigenvalue weighted by Gasteiger charge is -2.00. The molecule has 0 aliphatic heterocycles. The fraction of sp³-hybridized carbons (Fsp3) is 0.125. The molecule has 0 N–H and O–H groups in total. The van der Waals surface area contributed by atoms with Crippen molar-refractivity contribution in [3.05, 3.63) is 45.5 Å². The van der Waals surface area contributed by atoms with E-state index in [0.29, 0.717) is 5.56 Å². The van der Waals surface area contributed by atoms with Gasteiger partial charge in [-0.25, -0.2) is 0 Å². The topological polar surface area (TPSA) is 69.4 Å². The Morgan fingerprint density at radius 1 is 1.57 bits per heavy atom. The zero-order chi connectivity index (χ0) is 10.6. The Morgan fingerprint density at radius 3 is 2.86 bits per heavy atom. The molecule has 1 aromatic carbocycles. The SMILES string of the molecule is O=C(F)c1cccc(CO[N+](=O)[O-])c1. The predicted molar refractivity (Wildman–Crippen MR) is 43.7 cm³/mol. The van der Waals surface area contributed by atoms with E-state index in [2.05, 4.69) is 4.84 Å². The van der Waals surface area contributed by atoms with E-state index in [-0.39, 0.29) is 12.2 Å². The molecule has 0 heterocycles. The van der Waals surface area contributed by atoms with Gasteiger partial charge in [-0.15, -0.1) is 10.1 Å². The van der Waals surface area contributed by atoms with Crippen LogP contribution in [0.2, 0.25) is 0 Å². The van der Waals surface area contributed by atoms with Crippen molar-refractivity contribution in [2.24, 2.45) is 0 Å². The van der Waals surface area contributed by atoms with Crippen molar-refractivity contribution in [2.45, 2.75) is 6.61 Å². The molecule has 6 heteroatoms. The van der Waals surface area contributed by atoms with Gasteiger partial charge in [0.05, 0.1) is 5.56 Å². The summed E-state index contributed by atoms with van der Waals surface area (Å²) < 4.78 is 12.2. The molecule has 0 aliphatic rings. The van der Waals surface area contributed by atoms with Crippen LogP contribution in [0.25, 0.3) is 0 Å². The van der Waals surface area contributed by atoms with E-state index in [4.69, 9.17) is 0 Å². The minimum absolute atomic E-state index is 0.144. The van der Waals surface area contributed by atoms with Crippen LogP contribution in [0, 0.1) is 10.1 Å². The molecule has 0 aliphatic carbocycles. The minimum atomic E-state index is -1.58. The average Bonchev–Trinajstić information content (AvgIpc) is 2.15. The zero-order valence-corrected chi connectivity index (χ0v) is 6.97. The van der Waals surface area contributed by atoms with E-state index in [1.54, 1.807) is 0 Å². The molecule has 5 nitrogen and oxygen atoms in total. The molecule has 0 bridgehead atoms. The van der Waals surface area contributed by atoms with Crippen LogP contribution in [-0.4, -0.2) is 11.1 Å². The molecule has 0 unspecified atom stereocenters. The van der Waals surface area contributed by atoms with Gasteiger partial charge in [0.1, 0.15) is 6.61 Å². The van der Waals surface area contributed by atoms with E-state index in [1.165, 1.54) is 24.3 Å². The lowest BCUT2D eigenvalue weighted by molar-refractivity contribution is -0.763. The Morgan fingerprint density at radius 2 is 2.29 bits per heavy atom. The smallest absolute Gasteiger partial charge is 0.309 e. The first-order valence-corrected chi connectivity index (χ1v) is 3.65. The minimum Gasteiger partial charge on any atom is -0.309 e. The number of hydrogen-bond donors (Lipinski definition) is 0. The Bertz CT molecular complexity index is 366. The number of hydrogen-bond acceptors (Lipinski definition) is 4. The number of halogens is 1. The average molecular weight is 199 g/mol. The molecule has 1 rings (SSSR count). The van der Waals surface area contributed by atoms with E-state index < -0.39 is 11.1 Å². The summed E-state index contributed by atoms with van der Waals surface area (Å²) in [6.45, 7) is -0.298. The molecule has 0 spiro atoms.